The molecule has 0 atom stereocenters. The molecule has 2 rings (SSSR count). The fourth-order valence-electron chi connectivity index (χ4n) is 1.96. The molecule has 1 aromatic rings. The summed E-state index contributed by atoms with van der Waals surface area (Å²) < 4.78 is 0. The number of carbonyl (C=O) groups excluding carboxylic acids is 1. The smallest absolute Gasteiger partial charge is 0.163 e. The lowest BCUT2D eigenvalue weighted by Gasteiger charge is -2.15. The Morgan fingerprint density at radius 1 is 1.36 bits per heavy atom. The van der Waals surface area contributed by atoms with Gasteiger partial charge in [0, 0.05) is 24.2 Å². The zero-order chi connectivity index (χ0) is 9.97. The number of anilines is 1. The van der Waals surface area contributed by atoms with Gasteiger partial charge in [-0.2, -0.15) is 0 Å². The van der Waals surface area contributed by atoms with Gasteiger partial charge in [0.25, 0.3) is 0 Å². The van der Waals surface area contributed by atoms with Gasteiger partial charge < -0.3 is 5.32 Å². The van der Waals surface area contributed by atoms with E-state index in [1.165, 1.54) is 5.56 Å². The summed E-state index contributed by atoms with van der Waals surface area (Å²) in [6.07, 6.45) is 2.76. The van der Waals surface area contributed by atoms with Crippen molar-refractivity contribution in [3.8, 4) is 0 Å². The highest BCUT2D eigenvalue weighted by atomic mass is 16.1. The zero-order valence-corrected chi connectivity index (χ0v) is 8.47. The molecule has 0 heterocycles. The van der Waals surface area contributed by atoms with Crippen molar-refractivity contribution in [2.24, 2.45) is 0 Å². The average molecular weight is 189 g/mol. The Balaban J connectivity index is 2.34. The van der Waals surface area contributed by atoms with Crippen LogP contribution in [-0.2, 0) is 6.42 Å². The topological polar surface area (TPSA) is 29.1 Å². The van der Waals surface area contributed by atoms with Gasteiger partial charge in [0.05, 0.1) is 0 Å². The molecule has 0 radical (unpaired) electrons. The van der Waals surface area contributed by atoms with Gasteiger partial charge in [-0.05, 0) is 43.5 Å². The molecule has 0 spiro atoms. The number of hydrogen-bond donors (Lipinski definition) is 1. The van der Waals surface area contributed by atoms with E-state index in [9.17, 15) is 4.79 Å². The van der Waals surface area contributed by atoms with Crippen LogP contribution in [0.1, 0.15) is 35.7 Å². The molecule has 0 bridgehead atoms. The van der Waals surface area contributed by atoms with E-state index in [0.29, 0.717) is 12.2 Å². The van der Waals surface area contributed by atoms with Gasteiger partial charge in [0.2, 0.25) is 0 Å². The number of rotatable bonds is 2. The van der Waals surface area contributed by atoms with Crippen molar-refractivity contribution in [3.63, 3.8) is 0 Å². The fourth-order valence-corrected chi connectivity index (χ4v) is 1.96. The van der Waals surface area contributed by atoms with Crippen molar-refractivity contribution >= 4 is 11.5 Å². The van der Waals surface area contributed by atoms with Crippen LogP contribution < -0.4 is 5.32 Å². The molecule has 0 amide bonds. The number of hydrogen-bond acceptors (Lipinski definition) is 2. The number of Topliss-reactive ketones (excluding diaryl/α,β-unsaturated/α-hetero) is 1. The highest BCUT2D eigenvalue weighted by molar-refractivity contribution is 5.98. The van der Waals surface area contributed by atoms with Gasteiger partial charge in [0.15, 0.2) is 5.78 Å². The van der Waals surface area contributed by atoms with Gasteiger partial charge in [-0.25, -0.2) is 0 Å². The molecule has 0 unspecified atom stereocenters. The van der Waals surface area contributed by atoms with Crippen molar-refractivity contribution in [1.82, 2.24) is 0 Å². The number of benzene rings is 1. The molecule has 1 aliphatic carbocycles. The summed E-state index contributed by atoms with van der Waals surface area (Å²) in [7, 11) is 0. The molecule has 14 heavy (non-hydrogen) atoms. The Kier molecular flexibility index (Phi) is 2.53. The largest absolute Gasteiger partial charge is 0.385 e. The van der Waals surface area contributed by atoms with Crippen LogP contribution in [0.4, 0.5) is 5.69 Å². The molecule has 1 aliphatic rings. The highest BCUT2D eigenvalue weighted by Gasteiger charge is 2.16. The van der Waals surface area contributed by atoms with E-state index in [1.54, 1.807) is 0 Å². The first kappa shape index (κ1) is 9.25. The highest BCUT2D eigenvalue weighted by Crippen LogP contribution is 2.24. The third kappa shape index (κ3) is 1.65. The Labute approximate surface area is 84.3 Å². The molecule has 1 N–H and O–H groups in total. The lowest BCUT2D eigenvalue weighted by atomic mass is 9.90. The zero-order valence-electron chi connectivity index (χ0n) is 8.47. The van der Waals surface area contributed by atoms with E-state index in [0.717, 1.165) is 30.6 Å². The maximum atomic E-state index is 11.5. The first-order chi connectivity index (χ1) is 6.81. The standard InChI is InChI=1S/C12H15NO/c1-2-13-10-6-7-11-9(8-10)4-3-5-12(11)14/h6-8,13H,2-5H2,1H3. The van der Waals surface area contributed by atoms with E-state index in [1.807, 2.05) is 12.1 Å². The van der Waals surface area contributed by atoms with Crippen LogP contribution in [-0.4, -0.2) is 12.3 Å². The van der Waals surface area contributed by atoms with Crippen molar-refractivity contribution in [2.45, 2.75) is 26.2 Å². The quantitative estimate of drug-likeness (QED) is 0.774. The minimum absolute atomic E-state index is 0.300. The van der Waals surface area contributed by atoms with Crippen molar-refractivity contribution < 1.29 is 4.79 Å². The molecular formula is C12H15NO. The van der Waals surface area contributed by atoms with Crippen LogP contribution in [0.5, 0.6) is 0 Å². The molecule has 0 aliphatic heterocycles. The van der Waals surface area contributed by atoms with Gasteiger partial charge in [-0.15, -0.1) is 0 Å². The van der Waals surface area contributed by atoms with Crippen LogP contribution in [0, 0.1) is 0 Å². The third-order valence-corrected chi connectivity index (χ3v) is 2.64. The molecule has 0 saturated carbocycles. The van der Waals surface area contributed by atoms with Crippen LogP contribution in [0.25, 0.3) is 0 Å². The maximum absolute atomic E-state index is 11.5. The number of carbonyl (C=O) groups is 1. The SMILES string of the molecule is CCNc1ccc2c(c1)CCCC2=O. The Morgan fingerprint density at radius 3 is 3.00 bits per heavy atom. The predicted octanol–water partition coefficient (Wildman–Crippen LogP) is 2.64. The molecule has 74 valence electrons. The van der Waals surface area contributed by atoms with E-state index in [2.05, 4.69) is 18.3 Å². The number of nitrogens with one attached hydrogen (secondary N) is 1. The Hall–Kier alpha value is -1.31. The summed E-state index contributed by atoms with van der Waals surface area (Å²) in [5.74, 6) is 0.300. The summed E-state index contributed by atoms with van der Waals surface area (Å²) >= 11 is 0. The molecule has 2 heteroatoms. The summed E-state index contributed by atoms with van der Waals surface area (Å²) in [6.45, 7) is 3.00. The second kappa shape index (κ2) is 3.82. The van der Waals surface area contributed by atoms with Crippen LogP contribution in [0.15, 0.2) is 18.2 Å². The van der Waals surface area contributed by atoms with Crippen LogP contribution in [0.3, 0.4) is 0 Å². The van der Waals surface area contributed by atoms with E-state index < -0.39 is 0 Å². The number of aryl methyl sites for hydroxylation is 1. The summed E-state index contributed by atoms with van der Waals surface area (Å²) in [6, 6.07) is 6.05. The molecular weight excluding hydrogens is 174 g/mol. The van der Waals surface area contributed by atoms with Crippen molar-refractivity contribution in [2.75, 3.05) is 11.9 Å². The fraction of sp³-hybridized carbons (Fsp3) is 0.417. The minimum Gasteiger partial charge on any atom is -0.385 e. The van der Waals surface area contributed by atoms with Gasteiger partial charge in [-0.3, -0.25) is 4.79 Å². The average Bonchev–Trinajstić information content (AvgIpc) is 2.18. The molecule has 0 aromatic heterocycles. The monoisotopic (exact) mass is 189 g/mol. The normalized spacial score (nSPS) is 15.1. The van der Waals surface area contributed by atoms with Gasteiger partial charge >= 0.3 is 0 Å². The lowest BCUT2D eigenvalue weighted by molar-refractivity contribution is 0.0972. The molecule has 0 saturated heterocycles. The van der Waals surface area contributed by atoms with E-state index in [-0.39, 0.29) is 0 Å². The van der Waals surface area contributed by atoms with Crippen molar-refractivity contribution in [3.05, 3.63) is 29.3 Å². The van der Waals surface area contributed by atoms with E-state index >= 15 is 0 Å². The van der Waals surface area contributed by atoms with E-state index in [4.69, 9.17) is 0 Å². The predicted molar refractivity (Wildman–Crippen MR) is 57.9 cm³/mol. The van der Waals surface area contributed by atoms with Gasteiger partial charge in [-0.1, -0.05) is 0 Å². The second-order valence-corrected chi connectivity index (χ2v) is 3.68. The number of fused-ring (bicyclic) bond motifs is 1. The minimum atomic E-state index is 0.300. The van der Waals surface area contributed by atoms with Crippen LogP contribution >= 0.6 is 0 Å². The van der Waals surface area contributed by atoms with Crippen molar-refractivity contribution in [1.29, 1.82) is 0 Å². The number of ketones is 1. The Bertz CT molecular complexity index is 357. The first-order valence-electron chi connectivity index (χ1n) is 5.21. The lowest BCUT2D eigenvalue weighted by Crippen LogP contribution is -2.11. The third-order valence-electron chi connectivity index (χ3n) is 2.64. The van der Waals surface area contributed by atoms with Gasteiger partial charge in [0.1, 0.15) is 0 Å². The summed E-state index contributed by atoms with van der Waals surface area (Å²) in [5.41, 5.74) is 3.26. The second-order valence-electron chi connectivity index (χ2n) is 3.68. The summed E-state index contributed by atoms with van der Waals surface area (Å²) in [4.78, 5) is 11.5. The molecule has 2 nitrogen and oxygen atoms in total. The summed E-state index contributed by atoms with van der Waals surface area (Å²) in [5, 5.41) is 3.26. The van der Waals surface area contributed by atoms with Crippen LogP contribution in [0.2, 0.25) is 0 Å². The Morgan fingerprint density at radius 2 is 2.21 bits per heavy atom. The maximum Gasteiger partial charge on any atom is 0.163 e. The first-order valence-corrected chi connectivity index (χ1v) is 5.21. The molecule has 0 fully saturated rings. The molecule has 1 aromatic carbocycles.